The molecule has 0 aliphatic rings. The minimum atomic E-state index is 0.519. The average Bonchev–Trinajstić information content (AvgIpc) is 3.13. The standard InChI is InChI=1S/C15H11ClN2O2S/c1-20-13-6-7-21-15(13)14-10(9-19)8-18(17-14)12-4-2-11(16)3-5-12/h2-9H,1H3. The average molecular weight is 319 g/mol. The zero-order chi connectivity index (χ0) is 14.8. The number of nitrogens with zero attached hydrogens (tertiary/aromatic N) is 2. The second kappa shape index (κ2) is 5.71. The molecule has 0 bridgehead atoms. The molecule has 0 amide bonds. The molecule has 2 aromatic heterocycles. The summed E-state index contributed by atoms with van der Waals surface area (Å²) in [6.07, 6.45) is 2.50. The van der Waals surface area contributed by atoms with Gasteiger partial charge in [0.25, 0.3) is 0 Å². The number of halogens is 1. The van der Waals surface area contributed by atoms with Crippen LogP contribution in [0, 0.1) is 0 Å². The fraction of sp³-hybridized carbons (Fsp3) is 0.0667. The van der Waals surface area contributed by atoms with Gasteiger partial charge in [-0.15, -0.1) is 11.3 Å². The van der Waals surface area contributed by atoms with E-state index in [4.69, 9.17) is 16.3 Å². The lowest BCUT2D eigenvalue weighted by Crippen LogP contribution is -1.94. The molecule has 0 fully saturated rings. The number of rotatable bonds is 4. The normalized spacial score (nSPS) is 10.6. The van der Waals surface area contributed by atoms with E-state index in [1.54, 1.807) is 30.1 Å². The molecular weight excluding hydrogens is 308 g/mol. The summed E-state index contributed by atoms with van der Waals surface area (Å²) in [5, 5.41) is 7.07. The maximum absolute atomic E-state index is 11.3. The van der Waals surface area contributed by atoms with Crippen LogP contribution in [0.15, 0.2) is 41.9 Å². The fourth-order valence-corrected chi connectivity index (χ4v) is 3.00. The Labute approximate surface area is 130 Å². The first-order valence-electron chi connectivity index (χ1n) is 6.15. The van der Waals surface area contributed by atoms with Gasteiger partial charge in [-0.25, -0.2) is 4.68 Å². The smallest absolute Gasteiger partial charge is 0.153 e. The van der Waals surface area contributed by atoms with Gasteiger partial charge >= 0.3 is 0 Å². The van der Waals surface area contributed by atoms with Crippen LogP contribution in [0.2, 0.25) is 5.02 Å². The summed E-state index contributed by atoms with van der Waals surface area (Å²) in [6, 6.07) is 9.11. The summed E-state index contributed by atoms with van der Waals surface area (Å²) in [5.74, 6) is 0.712. The van der Waals surface area contributed by atoms with Crippen LogP contribution in [0.25, 0.3) is 16.3 Å². The van der Waals surface area contributed by atoms with Crippen molar-refractivity contribution in [2.75, 3.05) is 7.11 Å². The third-order valence-corrected chi connectivity index (χ3v) is 4.18. The van der Waals surface area contributed by atoms with Crippen molar-refractivity contribution in [3.8, 4) is 22.0 Å². The molecule has 0 saturated carbocycles. The van der Waals surface area contributed by atoms with E-state index in [0.717, 1.165) is 16.9 Å². The highest BCUT2D eigenvalue weighted by Gasteiger charge is 2.16. The molecule has 0 N–H and O–H groups in total. The number of benzene rings is 1. The molecule has 0 aliphatic heterocycles. The van der Waals surface area contributed by atoms with Crippen molar-refractivity contribution in [1.82, 2.24) is 9.78 Å². The molecule has 106 valence electrons. The van der Waals surface area contributed by atoms with Gasteiger partial charge in [-0.05, 0) is 35.7 Å². The van der Waals surface area contributed by atoms with Crippen molar-refractivity contribution in [3.05, 3.63) is 52.5 Å². The van der Waals surface area contributed by atoms with Crippen molar-refractivity contribution < 1.29 is 9.53 Å². The van der Waals surface area contributed by atoms with Crippen LogP contribution in [-0.4, -0.2) is 23.2 Å². The van der Waals surface area contributed by atoms with Crippen molar-refractivity contribution in [2.24, 2.45) is 0 Å². The van der Waals surface area contributed by atoms with E-state index < -0.39 is 0 Å². The molecule has 1 aromatic carbocycles. The van der Waals surface area contributed by atoms with E-state index >= 15 is 0 Å². The quantitative estimate of drug-likeness (QED) is 0.681. The topological polar surface area (TPSA) is 44.1 Å². The second-order valence-corrected chi connectivity index (χ2v) is 5.64. The lowest BCUT2D eigenvalue weighted by Gasteiger charge is -2.01. The van der Waals surface area contributed by atoms with Crippen molar-refractivity contribution >= 4 is 29.2 Å². The largest absolute Gasteiger partial charge is 0.495 e. The molecule has 0 atom stereocenters. The maximum atomic E-state index is 11.3. The number of hydrogen-bond acceptors (Lipinski definition) is 4. The number of thiophene rings is 1. The number of aromatic nitrogens is 2. The summed E-state index contributed by atoms with van der Waals surface area (Å²) in [4.78, 5) is 12.2. The summed E-state index contributed by atoms with van der Waals surface area (Å²) in [7, 11) is 1.60. The summed E-state index contributed by atoms with van der Waals surface area (Å²) in [5.41, 5.74) is 1.97. The van der Waals surface area contributed by atoms with E-state index in [-0.39, 0.29) is 0 Å². The summed E-state index contributed by atoms with van der Waals surface area (Å²) in [6.45, 7) is 0. The van der Waals surface area contributed by atoms with E-state index in [2.05, 4.69) is 5.10 Å². The summed E-state index contributed by atoms with van der Waals surface area (Å²) < 4.78 is 6.96. The summed E-state index contributed by atoms with van der Waals surface area (Å²) >= 11 is 7.37. The van der Waals surface area contributed by atoms with E-state index in [9.17, 15) is 4.79 Å². The number of carbonyl (C=O) groups excluding carboxylic acids is 1. The van der Waals surface area contributed by atoms with E-state index in [1.165, 1.54) is 11.3 Å². The third kappa shape index (κ3) is 2.57. The Kier molecular flexibility index (Phi) is 3.77. The monoisotopic (exact) mass is 318 g/mol. The van der Waals surface area contributed by atoms with Crippen molar-refractivity contribution in [1.29, 1.82) is 0 Å². The molecule has 0 aliphatic carbocycles. The molecule has 3 aromatic rings. The van der Waals surface area contributed by atoms with Gasteiger partial charge in [0, 0.05) is 11.2 Å². The molecule has 0 spiro atoms. The van der Waals surface area contributed by atoms with Crippen molar-refractivity contribution in [2.45, 2.75) is 0 Å². The van der Waals surface area contributed by atoms with Gasteiger partial charge in [-0.1, -0.05) is 11.6 Å². The van der Waals surface area contributed by atoms with Crippen LogP contribution in [0.4, 0.5) is 0 Å². The number of carbonyl (C=O) groups is 1. The van der Waals surface area contributed by atoms with Gasteiger partial charge in [-0.2, -0.15) is 5.10 Å². The number of ether oxygens (including phenoxy) is 1. The molecule has 0 radical (unpaired) electrons. The van der Waals surface area contributed by atoms with Gasteiger partial charge in [0.2, 0.25) is 0 Å². The lowest BCUT2D eigenvalue weighted by molar-refractivity contribution is 0.112. The zero-order valence-corrected chi connectivity index (χ0v) is 12.7. The Morgan fingerprint density at radius 2 is 2.05 bits per heavy atom. The lowest BCUT2D eigenvalue weighted by atomic mass is 10.2. The first kappa shape index (κ1) is 13.9. The Morgan fingerprint density at radius 1 is 1.29 bits per heavy atom. The predicted molar refractivity (Wildman–Crippen MR) is 83.8 cm³/mol. The molecule has 0 unspecified atom stereocenters. The number of methoxy groups -OCH3 is 1. The number of aldehydes is 1. The molecule has 4 nitrogen and oxygen atoms in total. The first-order valence-corrected chi connectivity index (χ1v) is 7.41. The molecular formula is C15H11ClN2O2S. The van der Waals surface area contributed by atoms with Crippen molar-refractivity contribution in [3.63, 3.8) is 0 Å². The van der Waals surface area contributed by atoms with Crippen LogP contribution in [0.3, 0.4) is 0 Å². The van der Waals surface area contributed by atoms with Crippen LogP contribution < -0.4 is 4.74 Å². The van der Waals surface area contributed by atoms with E-state index in [0.29, 0.717) is 22.0 Å². The van der Waals surface area contributed by atoms with Crippen LogP contribution in [0.5, 0.6) is 5.75 Å². The highest BCUT2D eigenvalue weighted by Crippen LogP contribution is 2.36. The Morgan fingerprint density at radius 3 is 2.71 bits per heavy atom. The Bertz CT molecular complexity index is 777. The first-order chi connectivity index (χ1) is 10.2. The third-order valence-electron chi connectivity index (χ3n) is 3.02. The van der Waals surface area contributed by atoms with Crippen LogP contribution in [-0.2, 0) is 0 Å². The minimum Gasteiger partial charge on any atom is -0.495 e. The molecule has 0 saturated heterocycles. The molecule has 21 heavy (non-hydrogen) atoms. The highest BCUT2D eigenvalue weighted by atomic mass is 35.5. The second-order valence-electron chi connectivity index (χ2n) is 4.29. The Hall–Kier alpha value is -2.11. The van der Waals surface area contributed by atoms with Gasteiger partial charge < -0.3 is 4.74 Å². The van der Waals surface area contributed by atoms with Crippen LogP contribution in [0.1, 0.15) is 10.4 Å². The zero-order valence-electron chi connectivity index (χ0n) is 11.1. The maximum Gasteiger partial charge on any atom is 0.153 e. The van der Waals surface area contributed by atoms with Crippen LogP contribution >= 0.6 is 22.9 Å². The fourth-order valence-electron chi connectivity index (χ4n) is 2.01. The minimum absolute atomic E-state index is 0.519. The SMILES string of the molecule is COc1ccsc1-c1nn(-c2ccc(Cl)cc2)cc1C=O. The molecule has 6 heteroatoms. The predicted octanol–water partition coefficient (Wildman–Crippen LogP) is 4.08. The van der Waals surface area contributed by atoms with E-state index in [1.807, 2.05) is 23.6 Å². The molecule has 2 heterocycles. The van der Waals surface area contributed by atoms with Gasteiger partial charge in [0.05, 0.1) is 23.2 Å². The number of hydrogen-bond donors (Lipinski definition) is 0. The molecule has 3 rings (SSSR count). The van der Waals surface area contributed by atoms with Gasteiger partial charge in [-0.3, -0.25) is 4.79 Å². The van der Waals surface area contributed by atoms with Gasteiger partial charge in [0.15, 0.2) is 6.29 Å². The van der Waals surface area contributed by atoms with Gasteiger partial charge in [0.1, 0.15) is 11.4 Å². The Balaban J connectivity index is 2.10. The highest BCUT2D eigenvalue weighted by molar-refractivity contribution is 7.14.